The number of ether oxygens (including phenoxy) is 1. The van der Waals surface area contributed by atoms with E-state index in [1.54, 1.807) is 0 Å². The fourth-order valence-corrected chi connectivity index (χ4v) is 2.50. The van der Waals surface area contributed by atoms with Crippen LogP contribution in [0.5, 0.6) is 5.75 Å². The van der Waals surface area contributed by atoms with Gasteiger partial charge in [-0.3, -0.25) is 4.68 Å². The maximum Gasteiger partial charge on any atom is 0.131 e. The number of hydrogen-bond donors (Lipinski definition) is 1. The predicted octanol–water partition coefficient (Wildman–Crippen LogP) is 3.72. The number of benzene rings is 1. The first kappa shape index (κ1) is 15.9. The van der Waals surface area contributed by atoms with E-state index in [9.17, 15) is 0 Å². The topological polar surface area (TPSA) is 53.1 Å². The summed E-state index contributed by atoms with van der Waals surface area (Å²) in [5, 5.41) is 5.20. The molecule has 0 fully saturated rings. The fourth-order valence-electron chi connectivity index (χ4n) is 2.17. The van der Waals surface area contributed by atoms with Crippen LogP contribution in [0.25, 0.3) is 0 Å². The summed E-state index contributed by atoms with van der Waals surface area (Å²) in [4.78, 5) is 0. The first-order valence-electron chi connectivity index (χ1n) is 7.29. The molecule has 2 rings (SSSR count). The van der Waals surface area contributed by atoms with Crippen molar-refractivity contribution < 1.29 is 4.74 Å². The van der Waals surface area contributed by atoms with Crippen LogP contribution in [0.2, 0.25) is 5.02 Å². The summed E-state index contributed by atoms with van der Waals surface area (Å²) < 4.78 is 7.72. The monoisotopic (exact) mass is 307 g/mol. The zero-order valence-corrected chi connectivity index (χ0v) is 13.5. The fraction of sp³-hybridized carbons (Fsp3) is 0.438. The number of aryl methyl sites for hydroxylation is 2. The van der Waals surface area contributed by atoms with Gasteiger partial charge in [0.1, 0.15) is 12.4 Å². The minimum absolute atomic E-state index is 0.0298. The zero-order valence-electron chi connectivity index (χ0n) is 12.8. The van der Waals surface area contributed by atoms with Gasteiger partial charge >= 0.3 is 0 Å². The largest absolute Gasteiger partial charge is 0.487 e. The molecule has 0 aliphatic heterocycles. The molecule has 5 heteroatoms. The van der Waals surface area contributed by atoms with E-state index in [1.165, 1.54) is 0 Å². The van der Waals surface area contributed by atoms with E-state index in [-0.39, 0.29) is 6.04 Å². The van der Waals surface area contributed by atoms with Gasteiger partial charge in [-0.1, -0.05) is 30.7 Å². The Balaban J connectivity index is 2.10. The highest BCUT2D eigenvalue weighted by atomic mass is 35.5. The molecule has 0 saturated heterocycles. The van der Waals surface area contributed by atoms with Crippen molar-refractivity contribution in [3.05, 3.63) is 46.2 Å². The van der Waals surface area contributed by atoms with Gasteiger partial charge in [0.05, 0.1) is 16.4 Å². The maximum atomic E-state index is 6.36. The van der Waals surface area contributed by atoms with Gasteiger partial charge in [0, 0.05) is 12.6 Å². The minimum Gasteiger partial charge on any atom is -0.487 e. The average molecular weight is 308 g/mol. The molecule has 1 aromatic heterocycles. The molecular weight excluding hydrogens is 286 g/mol. The van der Waals surface area contributed by atoms with Gasteiger partial charge in [-0.15, -0.1) is 0 Å². The van der Waals surface area contributed by atoms with Crippen LogP contribution in [-0.4, -0.2) is 9.78 Å². The molecule has 0 unspecified atom stereocenters. The summed E-state index contributed by atoms with van der Waals surface area (Å²) in [5.74, 6) is 0.803. The van der Waals surface area contributed by atoms with Crippen LogP contribution in [-0.2, 0) is 19.6 Å². The SMILES string of the molecule is CCc1nn(CC)c(COc2ccc([C@H](C)N)cc2)c1Cl. The molecule has 2 N–H and O–H groups in total. The predicted molar refractivity (Wildman–Crippen MR) is 85.7 cm³/mol. The van der Waals surface area contributed by atoms with E-state index >= 15 is 0 Å². The van der Waals surface area contributed by atoms with Crippen molar-refractivity contribution in [2.45, 2.75) is 46.4 Å². The van der Waals surface area contributed by atoms with Gasteiger partial charge in [-0.05, 0) is 38.0 Å². The summed E-state index contributed by atoms with van der Waals surface area (Å²) in [5.41, 5.74) is 8.77. The molecular formula is C16H22ClN3O. The number of nitrogens with two attached hydrogens (primary N) is 1. The summed E-state index contributed by atoms with van der Waals surface area (Å²) in [6.07, 6.45) is 0.821. The van der Waals surface area contributed by atoms with Crippen LogP contribution in [0.1, 0.15) is 43.8 Å². The molecule has 114 valence electrons. The standard InChI is InChI=1S/C16H22ClN3O/c1-4-14-16(17)15(20(5-2)19-14)10-21-13-8-6-12(7-9-13)11(3)18/h6-9,11H,4-5,10,18H2,1-3H3/t11-/m0/s1. The van der Waals surface area contributed by atoms with Crippen molar-refractivity contribution >= 4 is 11.6 Å². The van der Waals surface area contributed by atoms with Crippen molar-refractivity contribution in [2.75, 3.05) is 0 Å². The third-order valence-corrected chi connectivity index (χ3v) is 3.91. The van der Waals surface area contributed by atoms with Crippen molar-refractivity contribution in [1.82, 2.24) is 9.78 Å². The summed E-state index contributed by atoms with van der Waals surface area (Å²) >= 11 is 6.36. The van der Waals surface area contributed by atoms with Crippen LogP contribution in [0.3, 0.4) is 0 Å². The first-order valence-corrected chi connectivity index (χ1v) is 7.67. The lowest BCUT2D eigenvalue weighted by Crippen LogP contribution is -2.07. The molecule has 0 aliphatic carbocycles. The Bertz CT molecular complexity index is 590. The highest BCUT2D eigenvalue weighted by molar-refractivity contribution is 6.31. The van der Waals surface area contributed by atoms with Gasteiger partial charge in [-0.25, -0.2) is 0 Å². The van der Waals surface area contributed by atoms with Gasteiger partial charge in [0.25, 0.3) is 0 Å². The number of aromatic nitrogens is 2. The molecule has 1 aromatic carbocycles. The molecule has 0 spiro atoms. The quantitative estimate of drug-likeness (QED) is 0.885. The van der Waals surface area contributed by atoms with E-state index in [1.807, 2.05) is 49.7 Å². The normalized spacial score (nSPS) is 12.4. The molecule has 0 bridgehead atoms. The van der Waals surface area contributed by atoms with Crippen molar-refractivity contribution in [2.24, 2.45) is 5.73 Å². The lowest BCUT2D eigenvalue weighted by atomic mass is 10.1. The molecule has 0 amide bonds. The van der Waals surface area contributed by atoms with E-state index in [0.717, 1.165) is 35.7 Å². The van der Waals surface area contributed by atoms with Crippen LogP contribution in [0, 0.1) is 0 Å². The zero-order chi connectivity index (χ0) is 15.4. The average Bonchev–Trinajstić information content (AvgIpc) is 2.81. The molecule has 0 aliphatic rings. The van der Waals surface area contributed by atoms with E-state index in [0.29, 0.717) is 11.6 Å². The van der Waals surface area contributed by atoms with Crippen molar-refractivity contribution in [1.29, 1.82) is 0 Å². The molecule has 1 atom stereocenters. The van der Waals surface area contributed by atoms with Crippen molar-refractivity contribution in [3.63, 3.8) is 0 Å². The Kier molecular flexibility index (Phi) is 5.26. The summed E-state index contributed by atoms with van der Waals surface area (Å²) in [7, 11) is 0. The lowest BCUT2D eigenvalue weighted by Gasteiger charge is -2.10. The van der Waals surface area contributed by atoms with Crippen LogP contribution in [0.4, 0.5) is 0 Å². The molecule has 21 heavy (non-hydrogen) atoms. The highest BCUT2D eigenvalue weighted by Crippen LogP contribution is 2.24. The molecule has 4 nitrogen and oxygen atoms in total. The van der Waals surface area contributed by atoms with Gasteiger partial charge < -0.3 is 10.5 Å². The Morgan fingerprint density at radius 3 is 2.48 bits per heavy atom. The lowest BCUT2D eigenvalue weighted by molar-refractivity contribution is 0.292. The number of hydrogen-bond acceptors (Lipinski definition) is 3. The Morgan fingerprint density at radius 2 is 1.95 bits per heavy atom. The molecule has 2 aromatic rings. The van der Waals surface area contributed by atoms with Gasteiger partial charge in [-0.2, -0.15) is 5.10 Å². The van der Waals surface area contributed by atoms with Crippen LogP contribution >= 0.6 is 11.6 Å². The first-order chi connectivity index (χ1) is 10.1. The molecule has 0 saturated carbocycles. The molecule has 1 heterocycles. The number of halogens is 1. The third kappa shape index (κ3) is 3.57. The second-order valence-corrected chi connectivity index (χ2v) is 5.40. The van der Waals surface area contributed by atoms with E-state index in [2.05, 4.69) is 5.10 Å². The second-order valence-electron chi connectivity index (χ2n) is 5.02. The van der Waals surface area contributed by atoms with Crippen LogP contribution in [0.15, 0.2) is 24.3 Å². The molecule has 0 radical (unpaired) electrons. The summed E-state index contributed by atoms with van der Waals surface area (Å²) in [6.45, 7) is 7.25. The maximum absolute atomic E-state index is 6.36. The van der Waals surface area contributed by atoms with Crippen molar-refractivity contribution in [3.8, 4) is 5.75 Å². The minimum atomic E-state index is 0.0298. The third-order valence-electron chi connectivity index (χ3n) is 3.48. The second kappa shape index (κ2) is 6.96. The Hall–Kier alpha value is -1.52. The Morgan fingerprint density at radius 1 is 1.29 bits per heavy atom. The van der Waals surface area contributed by atoms with E-state index in [4.69, 9.17) is 22.1 Å². The number of nitrogens with zero attached hydrogens (tertiary/aromatic N) is 2. The van der Waals surface area contributed by atoms with Gasteiger partial charge in [0.15, 0.2) is 0 Å². The number of rotatable bonds is 6. The van der Waals surface area contributed by atoms with Gasteiger partial charge in [0.2, 0.25) is 0 Å². The van der Waals surface area contributed by atoms with E-state index < -0.39 is 0 Å². The smallest absolute Gasteiger partial charge is 0.131 e. The highest BCUT2D eigenvalue weighted by Gasteiger charge is 2.14. The van der Waals surface area contributed by atoms with Crippen LogP contribution < -0.4 is 10.5 Å². The Labute approximate surface area is 130 Å². The summed E-state index contributed by atoms with van der Waals surface area (Å²) in [6, 6.07) is 7.86.